The van der Waals surface area contributed by atoms with Crippen molar-refractivity contribution in [2.24, 2.45) is 5.92 Å². The van der Waals surface area contributed by atoms with Gasteiger partial charge in [0.15, 0.2) is 5.78 Å². The molecule has 0 radical (unpaired) electrons. The average molecular weight is 403 g/mol. The van der Waals surface area contributed by atoms with E-state index in [1.165, 1.54) is 32.1 Å². The lowest BCUT2D eigenvalue weighted by atomic mass is 9.82. The van der Waals surface area contributed by atoms with Gasteiger partial charge in [-0.3, -0.25) is 4.79 Å². The predicted molar refractivity (Wildman–Crippen MR) is 113 cm³/mol. The number of allylic oxidation sites excluding steroid dienone is 1. The van der Waals surface area contributed by atoms with Crippen molar-refractivity contribution >= 4 is 35.1 Å². The summed E-state index contributed by atoms with van der Waals surface area (Å²) in [4.78, 5) is 13.2. The van der Waals surface area contributed by atoms with Gasteiger partial charge in [0.05, 0.1) is 7.11 Å². The van der Waals surface area contributed by atoms with Crippen LogP contribution in [0.2, 0.25) is 10.0 Å². The summed E-state index contributed by atoms with van der Waals surface area (Å²) in [7, 11) is 1.62. The summed E-state index contributed by atoms with van der Waals surface area (Å²) in [5.41, 5.74) is 2.30. The van der Waals surface area contributed by atoms with Crippen LogP contribution in [0.1, 0.15) is 54.4 Å². The van der Waals surface area contributed by atoms with Crippen LogP contribution in [0.25, 0.3) is 6.08 Å². The first kappa shape index (κ1) is 20.0. The van der Waals surface area contributed by atoms with Crippen molar-refractivity contribution in [2.75, 3.05) is 7.11 Å². The van der Waals surface area contributed by atoms with Crippen LogP contribution in [0.15, 0.2) is 48.0 Å². The first-order valence-electron chi connectivity index (χ1n) is 9.41. The van der Waals surface area contributed by atoms with Crippen molar-refractivity contribution in [2.45, 2.75) is 38.5 Å². The van der Waals surface area contributed by atoms with E-state index in [2.05, 4.69) is 0 Å². The summed E-state index contributed by atoms with van der Waals surface area (Å²) in [6.07, 6.45) is 8.87. The first-order chi connectivity index (χ1) is 13.1. The van der Waals surface area contributed by atoms with Crippen molar-refractivity contribution in [1.82, 2.24) is 0 Å². The smallest absolute Gasteiger partial charge is 0.189 e. The molecule has 142 valence electrons. The maximum Gasteiger partial charge on any atom is 0.189 e. The molecule has 0 N–H and O–H groups in total. The SMILES string of the molecule is COc1ccc(C(=O)/C(=C/c2ccc(Cl)cc2Cl)CC2CCCCC2)cc1. The van der Waals surface area contributed by atoms with Crippen LogP contribution in [0.4, 0.5) is 0 Å². The predicted octanol–water partition coefficient (Wildman–Crippen LogP) is 7.24. The molecular formula is C23H24Cl2O2. The number of carbonyl (C=O) groups excluding carboxylic acids is 1. The number of ether oxygens (including phenoxy) is 1. The topological polar surface area (TPSA) is 26.3 Å². The lowest BCUT2D eigenvalue weighted by Gasteiger charge is -2.22. The minimum Gasteiger partial charge on any atom is -0.497 e. The molecular weight excluding hydrogens is 379 g/mol. The fourth-order valence-corrected chi connectivity index (χ4v) is 4.12. The molecule has 27 heavy (non-hydrogen) atoms. The van der Waals surface area contributed by atoms with Gasteiger partial charge < -0.3 is 4.74 Å². The fraction of sp³-hybridized carbons (Fsp3) is 0.348. The first-order valence-corrected chi connectivity index (χ1v) is 10.2. The Bertz CT molecular complexity index is 819. The lowest BCUT2D eigenvalue weighted by molar-refractivity contribution is 0.102. The average Bonchev–Trinajstić information content (AvgIpc) is 2.69. The highest BCUT2D eigenvalue weighted by atomic mass is 35.5. The Labute approximate surface area is 171 Å². The molecule has 1 aliphatic carbocycles. The third-order valence-corrected chi connectivity index (χ3v) is 5.73. The van der Waals surface area contributed by atoms with E-state index in [9.17, 15) is 4.79 Å². The minimum absolute atomic E-state index is 0.0502. The van der Waals surface area contributed by atoms with E-state index in [0.717, 1.165) is 23.3 Å². The van der Waals surface area contributed by atoms with Gasteiger partial charge in [-0.2, -0.15) is 0 Å². The number of halogens is 2. The van der Waals surface area contributed by atoms with Crippen LogP contribution in [-0.2, 0) is 0 Å². The second-order valence-corrected chi connectivity index (χ2v) is 7.94. The maximum atomic E-state index is 13.2. The summed E-state index contributed by atoms with van der Waals surface area (Å²) in [6, 6.07) is 12.7. The van der Waals surface area contributed by atoms with Crippen LogP contribution in [0, 0.1) is 5.92 Å². The van der Waals surface area contributed by atoms with Crippen molar-refractivity contribution in [3.63, 3.8) is 0 Å². The van der Waals surface area contributed by atoms with Gasteiger partial charge in [-0.15, -0.1) is 0 Å². The molecule has 0 unspecified atom stereocenters. The standard InChI is InChI=1S/C23H24Cl2O2/c1-27-21-11-8-17(9-12-21)23(26)19(13-16-5-3-2-4-6-16)14-18-7-10-20(24)15-22(18)25/h7-12,14-16H,2-6,13H2,1H3/b19-14+. The Kier molecular flexibility index (Phi) is 6.98. The molecule has 1 aliphatic rings. The molecule has 0 aromatic heterocycles. The molecule has 2 nitrogen and oxygen atoms in total. The molecule has 0 spiro atoms. The lowest BCUT2D eigenvalue weighted by Crippen LogP contribution is -2.12. The van der Waals surface area contributed by atoms with Crippen molar-refractivity contribution in [3.8, 4) is 5.75 Å². The molecule has 1 saturated carbocycles. The van der Waals surface area contributed by atoms with Gasteiger partial charge in [0.2, 0.25) is 0 Å². The number of methoxy groups -OCH3 is 1. The van der Waals surface area contributed by atoms with E-state index >= 15 is 0 Å². The zero-order chi connectivity index (χ0) is 19.2. The van der Waals surface area contributed by atoms with E-state index in [4.69, 9.17) is 27.9 Å². The van der Waals surface area contributed by atoms with Crippen LogP contribution in [0.5, 0.6) is 5.75 Å². The largest absolute Gasteiger partial charge is 0.497 e. The zero-order valence-electron chi connectivity index (χ0n) is 15.5. The molecule has 2 aromatic rings. The summed E-state index contributed by atoms with van der Waals surface area (Å²) in [5.74, 6) is 1.35. The molecule has 0 atom stereocenters. The molecule has 2 aromatic carbocycles. The molecule has 3 rings (SSSR count). The molecule has 1 fully saturated rings. The number of rotatable bonds is 6. The number of Topliss-reactive ketones (excluding diaryl/α,β-unsaturated/α-hetero) is 1. The third kappa shape index (κ3) is 5.37. The second kappa shape index (κ2) is 9.43. The van der Waals surface area contributed by atoms with Crippen LogP contribution >= 0.6 is 23.2 Å². The Hall–Kier alpha value is -1.77. The molecule has 4 heteroatoms. The number of benzene rings is 2. The van der Waals surface area contributed by atoms with Gasteiger partial charge in [-0.1, -0.05) is 61.4 Å². The normalized spacial score (nSPS) is 15.6. The highest BCUT2D eigenvalue weighted by Crippen LogP contribution is 2.32. The van der Waals surface area contributed by atoms with Gasteiger partial charge in [0.25, 0.3) is 0 Å². The summed E-state index contributed by atoms with van der Waals surface area (Å²) in [5, 5.41) is 1.15. The number of carbonyl (C=O) groups is 1. The number of hydrogen-bond donors (Lipinski definition) is 0. The minimum atomic E-state index is 0.0502. The Balaban J connectivity index is 1.92. The van der Waals surface area contributed by atoms with E-state index in [-0.39, 0.29) is 5.78 Å². The monoisotopic (exact) mass is 402 g/mol. The highest BCUT2D eigenvalue weighted by Gasteiger charge is 2.20. The molecule has 0 saturated heterocycles. The van der Waals surface area contributed by atoms with Crippen LogP contribution in [-0.4, -0.2) is 12.9 Å². The van der Waals surface area contributed by atoms with Crippen molar-refractivity contribution in [1.29, 1.82) is 0 Å². The highest BCUT2D eigenvalue weighted by molar-refractivity contribution is 6.35. The maximum absolute atomic E-state index is 13.2. The van der Waals surface area contributed by atoms with Crippen LogP contribution in [0.3, 0.4) is 0 Å². The van der Waals surface area contributed by atoms with Crippen molar-refractivity contribution in [3.05, 3.63) is 69.2 Å². The fourth-order valence-electron chi connectivity index (χ4n) is 3.65. The molecule has 0 heterocycles. The third-order valence-electron chi connectivity index (χ3n) is 5.17. The second-order valence-electron chi connectivity index (χ2n) is 7.10. The Morgan fingerprint density at radius 1 is 1.07 bits per heavy atom. The van der Waals surface area contributed by atoms with Gasteiger partial charge in [0.1, 0.15) is 5.75 Å². The summed E-state index contributed by atoms with van der Waals surface area (Å²) >= 11 is 12.4. The number of ketones is 1. The Morgan fingerprint density at radius 2 is 1.78 bits per heavy atom. The Morgan fingerprint density at radius 3 is 2.41 bits per heavy atom. The van der Waals surface area contributed by atoms with Crippen LogP contribution < -0.4 is 4.74 Å². The summed E-state index contributed by atoms with van der Waals surface area (Å²) in [6.45, 7) is 0. The zero-order valence-corrected chi connectivity index (χ0v) is 17.0. The van der Waals surface area contributed by atoms with Gasteiger partial charge >= 0.3 is 0 Å². The molecule has 0 amide bonds. The quantitative estimate of drug-likeness (QED) is 0.375. The summed E-state index contributed by atoms with van der Waals surface area (Å²) < 4.78 is 5.20. The molecule has 0 bridgehead atoms. The van der Waals surface area contributed by atoms with E-state index in [1.54, 1.807) is 19.2 Å². The van der Waals surface area contributed by atoms with Crippen molar-refractivity contribution < 1.29 is 9.53 Å². The number of hydrogen-bond acceptors (Lipinski definition) is 2. The van der Waals surface area contributed by atoms with Gasteiger partial charge in [0, 0.05) is 21.2 Å². The van der Waals surface area contributed by atoms with E-state index in [0.29, 0.717) is 21.5 Å². The van der Waals surface area contributed by atoms with E-state index in [1.807, 2.05) is 36.4 Å². The molecule has 0 aliphatic heterocycles. The van der Waals surface area contributed by atoms with Gasteiger partial charge in [-0.25, -0.2) is 0 Å². The van der Waals surface area contributed by atoms with Gasteiger partial charge in [-0.05, 0) is 60.4 Å². The van der Waals surface area contributed by atoms with E-state index < -0.39 is 0 Å².